The molecular weight excluding hydrogens is 519 g/mol. The van der Waals surface area contributed by atoms with E-state index in [1.165, 1.54) is 25.6 Å². The van der Waals surface area contributed by atoms with Gasteiger partial charge < -0.3 is 9.72 Å². The van der Waals surface area contributed by atoms with Gasteiger partial charge in [-0.1, -0.05) is 6.07 Å². The molecule has 1 fully saturated rings. The molecule has 0 saturated heterocycles. The van der Waals surface area contributed by atoms with Crippen molar-refractivity contribution in [3.05, 3.63) is 70.2 Å². The number of aromatic nitrogens is 8. The highest BCUT2D eigenvalue weighted by molar-refractivity contribution is 5.77. The van der Waals surface area contributed by atoms with E-state index < -0.39 is 22.5 Å². The van der Waals surface area contributed by atoms with Gasteiger partial charge in [0, 0.05) is 24.4 Å². The van der Waals surface area contributed by atoms with Gasteiger partial charge in [-0.15, -0.1) is 0 Å². The number of benzene rings is 1. The summed E-state index contributed by atoms with van der Waals surface area (Å²) in [5, 5.41) is 16.8. The summed E-state index contributed by atoms with van der Waals surface area (Å²) in [7, 11) is 1.51. The van der Waals surface area contributed by atoms with E-state index in [1.54, 1.807) is 23.1 Å². The molecule has 0 amide bonds. The number of nitro groups is 1. The summed E-state index contributed by atoms with van der Waals surface area (Å²) in [4.78, 5) is 34.8. The summed E-state index contributed by atoms with van der Waals surface area (Å²) in [6, 6.07) is 4.19. The summed E-state index contributed by atoms with van der Waals surface area (Å²) < 4.78 is 45.9. The Labute approximate surface area is 217 Å². The van der Waals surface area contributed by atoms with Gasteiger partial charge in [-0.05, 0) is 24.5 Å². The molecule has 15 heteroatoms. The lowest BCUT2D eigenvalue weighted by Gasteiger charge is -2.11. The van der Waals surface area contributed by atoms with Crippen LogP contribution in [0.15, 0.2) is 43.1 Å². The van der Waals surface area contributed by atoms with Gasteiger partial charge in [0.1, 0.15) is 17.7 Å². The number of H-pyrrole nitrogens is 1. The van der Waals surface area contributed by atoms with Gasteiger partial charge in [0.15, 0.2) is 17.2 Å². The fourth-order valence-electron chi connectivity index (χ4n) is 4.32. The van der Waals surface area contributed by atoms with E-state index in [-0.39, 0.29) is 23.9 Å². The minimum atomic E-state index is -4.68. The maximum Gasteiger partial charge on any atom is 0.434 e. The molecule has 12 nitrogen and oxygen atoms in total. The zero-order valence-electron chi connectivity index (χ0n) is 20.2. The molecule has 0 aliphatic heterocycles. The van der Waals surface area contributed by atoms with Crippen molar-refractivity contribution < 1.29 is 22.8 Å². The highest BCUT2D eigenvalue weighted by atomic mass is 19.4. The molecule has 0 atom stereocenters. The van der Waals surface area contributed by atoms with Gasteiger partial charge in [0.2, 0.25) is 5.88 Å². The Bertz CT molecular complexity index is 1730. The van der Waals surface area contributed by atoms with Crippen LogP contribution < -0.4 is 4.74 Å². The maximum absolute atomic E-state index is 13.0. The molecule has 1 aliphatic rings. The number of nitro benzene ring substituents is 1. The fourth-order valence-corrected chi connectivity index (χ4v) is 4.32. The Kier molecular flexibility index (Phi) is 5.70. The van der Waals surface area contributed by atoms with Crippen molar-refractivity contribution in [3.8, 4) is 28.7 Å². The molecule has 198 valence electrons. The average molecular weight is 537 g/mol. The van der Waals surface area contributed by atoms with Gasteiger partial charge in [-0.2, -0.15) is 18.3 Å². The monoisotopic (exact) mass is 537 g/mol. The van der Waals surface area contributed by atoms with E-state index in [9.17, 15) is 23.3 Å². The molecule has 0 bridgehead atoms. The summed E-state index contributed by atoms with van der Waals surface area (Å²) in [6.45, 7) is 0.102. The normalized spacial score (nSPS) is 13.6. The average Bonchev–Trinajstić information content (AvgIpc) is 3.50. The minimum Gasteiger partial charge on any atom is -0.480 e. The van der Waals surface area contributed by atoms with Crippen LogP contribution in [-0.4, -0.2) is 51.7 Å². The van der Waals surface area contributed by atoms with Crippen LogP contribution in [-0.2, 0) is 12.7 Å². The second-order valence-corrected chi connectivity index (χ2v) is 8.93. The number of imidazole rings is 1. The van der Waals surface area contributed by atoms with E-state index in [0.717, 1.165) is 18.5 Å². The van der Waals surface area contributed by atoms with Crippen molar-refractivity contribution in [2.24, 2.45) is 0 Å². The summed E-state index contributed by atoms with van der Waals surface area (Å²) in [6.07, 6.45) is 2.62. The Morgan fingerprint density at radius 3 is 2.69 bits per heavy atom. The topological polar surface area (TPSA) is 150 Å². The van der Waals surface area contributed by atoms with Crippen molar-refractivity contribution in [2.45, 2.75) is 31.5 Å². The van der Waals surface area contributed by atoms with Crippen LogP contribution in [0.25, 0.3) is 33.8 Å². The van der Waals surface area contributed by atoms with Gasteiger partial charge >= 0.3 is 6.18 Å². The molecule has 39 heavy (non-hydrogen) atoms. The zero-order chi connectivity index (χ0) is 27.3. The molecule has 5 aromatic rings. The van der Waals surface area contributed by atoms with Crippen LogP contribution in [0.5, 0.6) is 5.88 Å². The number of nitrogens with one attached hydrogen (secondary N) is 1. The molecule has 1 N–H and O–H groups in total. The van der Waals surface area contributed by atoms with Gasteiger partial charge in [0.05, 0.1) is 41.4 Å². The molecule has 1 aromatic carbocycles. The number of ether oxygens (including phenoxy) is 1. The van der Waals surface area contributed by atoms with Gasteiger partial charge in [-0.25, -0.2) is 29.6 Å². The number of hydrogen-bond acceptors (Lipinski definition) is 9. The third kappa shape index (κ3) is 4.51. The Hall–Kier alpha value is -4.95. The Morgan fingerprint density at radius 1 is 1.18 bits per heavy atom. The molecule has 4 aromatic heterocycles. The molecular formula is C24H18F3N9O3. The molecule has 0 unspecified atom stereocenters. The quantitative estimate of drug-likeness (QED) is 0.233. The van der Waals surface area contributed by atoms with Crippen molar-refractivity contribution in [3.63, 3.8) is 0 Å². The number of halogens is 3. The SMILES string of the molecule is COc1ncnc(C2CC2)c1-c1ncc2cnn(Cc3ccc(-c4nc(C(F)(F)F)c[nH]4)c([N+](=O)[O-])c3)c2n1. The van der Waals surface area contributed by atoms with Crippen molar-refractivity contribution >= 4 is 16.7 Å². The van der Waals surface area contributed by atoms with Gasteiger partial charge in [-0.3, -0.25) is 10.1 Å². The van der Waals surface area contributed by atoms with Crippen LogP contribution in [0.4, 0.5) is 18.9 Å². The van der Waals surface area contributed by atoms with Crippen molar-refractivity contribution in [1.29, 1.82) is 0 Å². The molecule has 4 heterocycles. The lowest BCUT2D eigenvalue weighted by atomic mass is 10.1. The summed E-state index contributed by atoms with van der Waals surface area (Å²) in [5.41, 5.74) is 0.733. The summed E-state index contributed by atoms with van der Waals surface area (Å²) >= 11 is 0. The fraction of sp³-hybridized carbons (Fsp3) is 0.250. The second-order valence-electron chi connectivity index (χ2n) is 8.93. The number of nitrogens with zero attached hydrogens (tertiary/aromatic N) is 8. The zero-order valence-corrected chi connectivity index (χ0v) is 20.2. The third-order valence-electron chi connectivity index (χ3n) is 6.31. The number of hydrogen-bond donors (Lipinski definition) is 1. The van der Waals surface area contributed by atoms with Crippen molar-refractivity contribution in [1.82, 2.24) is 39.7 Å². The van der Waals surface area contributed by atoms with E-state index >= 15 is 0 Å². The lowest BCUT2D eigenvalue weighted by Crippen LogP contribution is -2.06. The molecule has 1 aliphatic carbocycles. The van der Waals surface area contributed by atoms with Crippen LogP contribution in [0.3, 0.4) is 0 Å². The molecule has 0 spiro atoms. The lowest BCUT2D eigenvalue weighted by molar-refractivity contribution is -0.384. The predicted molar refractivity (Wildman–Crippen MR) is 130 cm³/mol. The number of rotatable bonds is 7. The maximum atomic E-state index is 13.0. The van der Waals surface area contributed by atoms with E-state index in [2.05, 4.69) is 30.0 Å². The van der Waals surface area contributed by atoms with E-state index in [1.807, 2.05) is 0 Å². The predicted octanol–water partition coefficient (Wildman–Crippen LogP) is 4.53. The first-order valence-electron chi connectivity index (χ1n) is 11.7. The largest absolute Gasteiger partial charge is 0.480 e. The first kappa shape index (κ1) is 24.4. The number of methoxy groups -OCH3 is 1. The van der Waals surface area contributed by atoms with Crippen LogP contribution in [0.2, 0.25) is 0 Å². The van der Waals surface area contributed by atoms with Crippen molar-refractivity contribution in [2.75, 3.05) is 7.11 Å². The first-order valence-corrected chi connectivity index (χ1v) is 11.7. The second kappa shape index (κ2) is 9.11. The number of aromatic amines is 1. The standard InChI is InChI=1S/C24H18F3N9O3/c1-39-23-18(19(13-3-4-13)30-11-31-23)21-28-7-14-8-32-35(22(14)34-21)10-12-2-5-15(16(6-12)36(37)38)20-29-9-17(33-20)24(25,26)27/h2,5-9,11,13H,3-4,10H2,1H3,(H,29,33). The highest BCUT2D eigenvalue weighted by Gasteiger charge is 2.35. The first-order chi connectivity index (χ1) is 18.7. The highest BCUT2D eigenvalue weighted by Crippen LogP contribution is 2.45. The van der Waals surface area contributed by atoms with Crippen LogP contribution in [0, 0.1) is 10.1 Å². The smallest absolute Gasteiger partial charge is 0.434 e. The van der Waals surface area contributed by atoms with Crippen LogP contribution >= 0.6 is 0 Å². The van der Waals surface area contributed by atoms with E-state index in [0.29, 0.717) is 40.1 Å². The number of alkyl halides is 3. The summed E-state index contributed by atoms with van der Waals surface area (Å²) in [5.74, 6) is 0.743. The molecule has 6 rings (SSSR count). The van der Waals surface area contributed by atoms with E-state index in [4.69, 9.17) is 9.72 Å². The Balaban J connectivity index is 1.37. The Morgan fingerprint density at radius 2 is 2.00 bits per heavy atom. The van der Waals surface area contributed by atoms with Crippen LogP contribution in [0.1, 0.15) is 35.7 Å². The number of fused-ring (bicyclic) bond motifs is 1. The molecule has 0 radical (unpaired) electrons. The van der Waals surface area contributed by atoms with Gasteiger partial charge in [0.25, 0.3) is 5.69 Å². The molecule has 1 saturated carbocycles. The third-order valence-corrected chi connectivity index (χ3v) is 6.31. The minimum absolute atomic E-state index is 0.0713.